The van der Waals surface area contributed by atoms with Crippen LogP contribution >= 0.6 is 0 Å². The fraction of sp³-hybridized carbons (Fsp3) is 0.421. The number of amides is 1. The van der Waals surface area contributed by atoms with Crippen LogP contribution in [0.15, 0.2) is 36.4 Å². The van der Waals surface area contributed by atoms with Crippen LogP contribution in [-0.4, -0.2) is 35.5 Å². The number of anilines is 1. The summed E-state index contributed by atoms with van der Waals surface area (Å²) in [5.74, 6) is 1.23. The maximum Gasteiger partial charge on any atom is 0.270 e. The van der Waals surface area contributed by atoms with Gasteiger partial charge in [-0.25, -0.2) is 9.97 Å². The summed E-state index contributed by atoms with van der Waals surface area (Å²) in [5.41, 5.74) is 1.33. The van der Waals surface area contributed by atoms with Crippen molar-refractivity contribution in [3.63, 3.8) is 0 Å². The molecule has 1 amide bonds. The standard InChI is InChI=1S/C19H26N4O/c1-4-7-13-20-19(24)16-14-17(23(5-2)6-3)22-18(21-16)15-11-9-8-10-12-15/h8-12,14H,4-7,13H2,1-3H3,(H,20,24). The number of hydrogen-bond acceptors (Lipinski definition) is 4. The first kappa shape index (κ1) is 17.9. The van der Waals surface area contributed by atoms with Crippen molar-refractivity contribution in [3.05, 3.63) is 42.1 Å². The average molecular weight is 326 g/mol. The molecular formula is C19H26N4O. The van der Waals surface area contributed by atoms with Crippen LogP contribution in [0.5, 0.6) is 0 Å². The zero-order chi connectivity index (χ0) is 17.4. The van der Waals surface area contributed by atoms with E-state index in [0.29, 0.717) is 18.1 Å². The monoisotopic (exact) mass is 326 g/mol. The van der Waals surface area contributed by atoms with Crippen LogP contribution in [0.2, 0.25) is 0 Å². The van der Waals surface area contributed by atoms with Crippen LogP contribution in [-0.2, 0) is 0 Å². The van der Waals surface area contributed by atoms with Crippen molar-refractivity contribution in [2.75, 3.05) is 24.5 Å². The van der Waals surface area contributed by atoms with E-state index >= 15 is 0 Å². The van der Waals surface area contributed by atoms with Crippen molar-refractivity contribution in [2.24, 2.45) is 0 Å². The summed E-state index contributed by atoms with van der Waals surface area (Å²) < 4.78 is 0. The van der Waals surface area contributed by atoms with Crippen molar-refractivity contribution in [1.29, 1.82) is 0 Å². The molecule has 0 bridgehead atoms. The third kappa shape index (κ3) is 4.54. The number of carbonyl (C=O) groups excluding carboxylic acids is 1. The van der Waals surface area contributed by atoms with Crippen molar-refractivity contribution in [1.82, 2.24) is 15.3 Å². The van der Waals surface area contributed by atoms with Gasteiger partial charge in [0, 0.05) is 31.3 Å². The Bertz CT molecular complexity index is 654. The van der Waals surface area contributed by atoms with Gasteiger partial charge in [0.15, 0.2) is 5.82 Å². The summed E-state index contributed by atoms with van der Waals surface area (Å²) in [5, 5.41) is 2.93. The van der Waals surface area contributed by atoms with Gasteiger partial charge in [-0.15, -0.1) is 0 Å². The summed E-state index contributed by atoms with van der Waals surface area (Å²) in [7, 11) is 0. The first-order valence-corrected chi connectivity index (χ1v) is 8.67. The number of unbranched alkanes of at least 4 members (excludes halogenated alkanes) is 1. The molecule has 0 saturated heterocycles. The minimum Gasteiger partial charge on any atom is -0.357 e. The highest BCUT2D eigenvalue weighted by atomic mass is 16.1. The largest absolute Gasteiger partial charge is 0.357 e. The predicted molar refractivity (Wildman–Crippen MR) is 98.3 cm³/mol. The van der Waals surface area contributed by atoms with E-state index in [0.717, 1.165) is 37.3 Å². The number of rotatable bonds is 8. The molecule has 2 aromatic rings. The zero-order valence-corrected chi connectivity index (χ0v) is 14.7. The van der Waals surface area contributed by atoms with Gasteiger partial charge < -0.3 is 10.2 Å². The smallest absolute Gasteiger partial charge is 0.270 e. The molecule has 0 saturated carbocycles. The van der Waals surface area contributed by atoms with E-state index in [9.17, 15) is 4.79 Å². The van der Waals surface area contributed by atoms with E-state index in [4.69, 9.17) is 0 Å². The lowest BCUT2D eigenvalue weighted by molar-refractivity contribution is 0.0948. The molecular weight excluding hydrogens is 300 g/mol. The minimum atomic E-state index is -0.142. The van der Waals surface area contributed by atoms with Crippen molar-refractivity contribution < 1.29 is 4.79 Å². The normalized spacial score (nSPS) is 10.5. The molecule has 0 atom stereocenters. The maximum atomic E-state index is 12.4. The highest BCUT2D eigenvalue weighted by Gasteiger charge is 2.15. The topological polar surface area (TPSA) is 58.1 Å². The van der Waals surface area contributed by atoms with Gasteiger partial charge in [-0.3, -0.25) is 4.79 Å². The Morgan fingerprint density at radius 1 is 1.08 bits per heavy atom. The third-order valence-electron chi connectivity index (χ3n) is 3.88. The predicted octanol–water partition coefficient (Wildman–Crippen LogP) is 3.52. The Balaban J connectivity index is 2.38. The molecule has 0 aliphatic heterocycles. The molecule has 0 unspecified atom stereocenters. The SMILES string of the molecule is CCCCNC(=O)c1cc(N(CC)CC)nc(-c2ccccc2)n1. The van der Waals surface area contributed by atoms with Crippen LogP contribution in [0.4, 0.5) is 5.82 Å². The molecule has 1 N–H and O–H groups in total. The van der Waals surface area contributed by atoms with E-state index < -0.39 is 0 Å². The fourth-order valence-electron chi connectivity index (χ4n) is 2.45. The Kier molecular flexibility index (Phi) is 6.73. The molecule has 0 radical (unpaired) electrons. The third-order valence-corrected chi connectivity index (χ3v) is 3.88. The van der Waals surface area contributed by atoms with E-state index in [1.807, 2.05) is 30.3 Å². The first-order chi connectivity index (χ1) is 11.7. The van der Waals surface area contributed by atoms with E-state index in [2.05, 4.69) is 41.0 Å². The van der Waals surface area contributed by atoms with Crippen LogP contribution < -0.4 is 10.2 Å². The Morgan fingerprint density at radius 3 is 2.42 bits per heavy atom. The van der Waals surface area contributed by atoms with Gasteiger partial charge in [0.1, 0.15) is 11.5 Å². The van der Waals surface area contributed by atoms with Gasteiger partial charge in [-0.05, 0) is 20.3 Å². The second-order valence-electron chi connectivity index (χ2n) is 5.58. The van der Waals surface area contributed by atoms with E-state index in [1.54, 1.807) is 6.07 Å². The number of benzene rings is 1. The van der Waals surface area contributed by atoms with Crippen LogP contribution in [0, 0.1) is 0 Å². The minimum absolute atomic E-state index is 0.142. The first-order valence-electron chi connectivity index (χ1n) is 8.67. The average Bonchev–Trinajstić information content (AvgIpc) is 2.63. The van der Waals surface area contributed by atoms with Crippen LogP contribution in [0.1, 0.15) is 44.1 Å². The van der Waals surface area contributed by atoms with Gasteiger partial charge in [0.25, 0.3) is 5.91 Å². The van der Waals surface area contributed by atoms with Gasteiger partial charge in [0.05, 0.1) is 0 Å². The molecule has 5 nitrogen and oxygen atoms in total. The van der Waals surface area contributed by atoms with E-state index in [1.165, 1.54) is 0 Å². The number of hydrogen-bond donors (Lipinski definition) is 1. The van der Waals surface area contributed by atoms with E-state index in [-0.39, 0.29) is 5.91 Å². The van der Waals surface area contributed by atoms with Gasteiger partial charge in [-0.2, -0.15) is 0 Å². The quantitative estimate of drug-likeness (QED) is 0.754. The molecule has 24 heavy (non-hydrogen) atoms. The molecule has 5 heteroatoms. The second kappa shape index (κ2) is 9.01. The lowest BCUT2D eigenvalue weighted by atomic mass is 10.2. The summed E-state index contributed by atoms with van der Waals surface area (Å²) in [6, 6.07) is 11.5. The molecule has 0 fully saturated rings. The van der Waals surface area contributed by atoms with Gasteiger partial charge >= 0.3 is 0 Å². The number of nitrogens with one attached hydrogen (secondary N) is 1. The highest BCUT2D eigenvalue weighted by molar-refractivity contribution is 5.93. The summed E-state index contributed by atoms with van der Waals surface area (Å²) in [4.78, 5) is 23.7. The molecule has 0 aliphatic carbocycles. The second-order valence-corrected chi connectivity index (χ2v) is 5.58. The fourth-order valence-corrected chi connectivity index (χ4v) is 2.45. The van der Waals surface area contributed by atoms with Crippen molar-refractivity contribution in [3.8, 4) is 11.4 Å². The zero-order valence-electron chi connectivity index (χ0n) is 14.7. The summed E-state index contributed by atoms with van der Waals surface area (Å²) >= 11 is 0. The molecule has 2 rings (SSSR count). The lowest BCUT2D eigenvalue weighted by Gasteiger charge is -2.21. The van der Waals surface area contributed by atoms with Gasteiger partial charge in [0.2, 0.25) is 0 Å². The lowest BCUT2D eigenvalue weighted by Crippen LogP contribution is -2.28. The Labute approximate surface area is 144 Å². The number of carbonyl (C=O) groups is 1. The molecule has 1 heterocycles. The molecule has 128 valence electrons. The van der Waals surface area contributed by atoms with Crippen molar-refractivity contribution in [2.45, 2.75) is 33.6 Å². The van der Waals surface area contributed by atoms with Crippen LogP contribution in [0.3, 0.4) is 0 Å². The summed E-state index contributed by atoms with van der Waals surface area (Å²) in [6.45, 7) is 8.59. The molecule has 1 aromatic heterocycles. The maximum absolute atomic E-state index is 12.4. The van der Waals surface area contributed by atoms with Gasteiger partial charge in [-0.1, -0.05) is 43.7 Å². The Morgan fingerprint density at radius 2 is 1.79 bits per heavy atom. The highest BCUT2D eigenvalue weighted by Crippen LogP contribution is 2.20. The Hall–Kier alpha value is -2.43. The molecule has 0 aliphatic rings. The molecule has 1 aromatic carbocycles. The number of nitrogens with zero attached hydrogens (tertiary/aromatic N) is 3. The van der Waals surface area contributed by atoms with Crippen LogP contribution in [0.25, 0.3) is 11.4 Å². The summed E-state index contributed by atoms with van der Waals surface area (Å²) in [6.07, 6.45) is 2.01. The van der Waals surface area contributed by atoms with Crippen molar-refractivity contribution >= 4 is 11.7 Å². The molecule has 0 spiro atoms. The number of aromatic nitrogens is 2.